The Morgan fingerprint density at radius 3 is 2.69 bits per heavy atom. The van der Waals surface area contributed by atoms with Crippen LogP contribution in [0.4, 0.5) is 10.9 Å². The molecule has 0 radical (unpaired) electrons. The highest BCUT2D eigenvalue weighted by Crippen LogP contribution is 2.42. The zero-order chi connectivity index (χ0) is 19.6. The summed E-state index contributed by atoms with van der Waals surface area (Å²) in [6, 6.07) is 12.4. The van der Waals surface area contributed by atoms with E-state index in [0.717, 1.165) is 65.6 Å². The maximum atomic E-state index is 6.41. The first-order valence-electron chi connectivity index (χ1n) is 10.3. The van der Waals surface area contributed by atoms with E-state index in [1.807, 2.05) is 18.3 Å². The van der Waals surface area contributed by atoms with Crippen LogP contribution < -0.4 is 10.1 Å². The van der Waals surface area contributed by atoms with Gasteiger partial charge in [-0.05, 0) is 50.2 Å². The summed E-state index contributed by atoms with van der Waals surface area (Å²) in [5, 5.41) is 4.31. The number of anilines is 2. The Bertz CT molecular complexity index is 985. The molecule has 1 N–H and O–H groups in total. The van der Waals surface area contributed by atoms with Gasteiger partial charge in [-0.1, -0.05) is 30.3 Å². The van der Waals surface area contributed by atoms with Crippen molar-refractivity contribution in [2.75, 3.05) is 12.4 Å². The van der Waals surface area contributed by atoms with Crippen LogP contribution in [0, 0.1) is 0 Å². The van der Waals surface area contributed by atoms with Crippen LogP contribution in [0.3, 0.4) is 0 Å². The van der Waals surface area contributed by atoms with Crippen LogP contribution in [0.15, 0.2) is 42.6 Å². The average molecular weight is 408 g/mol. The summed E-state index contributed by atoms with van der Waals surface area (Å²) in [5.74, 6) is 1.55. The number of fused-ring (bicyclic) bond motifs is 1. The summed E-state index contributed by atoms with van der Waals surface area (Å²) in [5.41, 5.74) is 3.27. The van der Waals surface area contributed by atoms with E-state index in [-0.39, 0.29) is 12.2 Å². The monoisotopic (exact) mass is 407 g/mol. The third-order valence-corrected chi connectivity index (χ3v) is 6.78. The van der Waals surface area contributed by atoms with Gasteiger partial charge in [0.15, 0.2) is 16.7 Å². The van der Waals surface area contributed by atoms with E-state index < -0.39 is 0 Å². The number of aryl methyl sites for hydroxylation is 1. The number of hydrogen-bond acceptors (Lipinski definition) is 6. The van der Waals surface area contributed by atoms with Crippen molar-refractivity contribution in [1.82, 2.24) is 9.97 Å². The molecule has 6 heteroatoms. The summed E-state index contributed by atoms with van der Waals surface area (Å²) >= 11 is 1.70. The quantitative estimate of drug-likeness (QED) is 0.551. The van der Waals surface area contributed by atoms with Gasteiger partial charge in [0.25, 0.3) is 0 Å². The second-order valence-corrected chi connectivity index (χ2v) is 8.73. The lowest BCUT2D eigenvalue weighted by molar-refractivity contribution is 0.0854. The summed E-state index contributed by atoms with van der Waals surface area (Å²) in [6.07, 6.45) is 8.87. The fourth-order valence-corrected chi connectivity index (χ4v) is 4.97. The number of rotatable bonds is 6. The average Bonchev–Trinajstić information content (AvgIpc) is 3.14. The van der Waals surface area contributed by atoms with Gasteiger partial charge in [0, 0.05) is 23.7 Å². The topological polar surface area (TPSA) is 56.3 Å². The molecule has 0 saturated heterocycles. The molecule has 1 fully saturated rings. The van der Waals surface area contributed by atoms with Crippen molar-refractivity contribution in [1.29, 1.82) is 0 Å². The second-order valence-electron chi connectivity index (χ2n) is 7.64. The van der Waals surface area contributed by atoms with E-state index in [4.69, 9.17) is 14.5 Å². The standard InChI is InChI=1S/C23H25N3O2S/c1-27-18-11-6-12-19-20(18)25-23(29-19)26-22-21(28-16-9-5-10-16)17(13-14-24-22)15-7-3-2-4-8-15/h2-4,7-8,13-14,16,18H,5-6,9-12H2,1H3,(H,24,25,26). The Labute approximate surface area is 175 Å². The lowest BCUT2D eigenvalue weighted by Gasteiger charge is -2.28. The minimum Gasteiger partial charge on any atom is -0.486 e. The maximum absolute atomic E-state index is 6.41. The molecule has 150 valence electrons. The number of methoxy groups -OCH3 is 1. The molecule has 5 nitrogen and oxygen atoms in total. The van der Waals surface area contributed by atoms with E-state index in [0.29, 0.717) is 0 Å². The summed E-state index contributed by atoms with van der Waals surface area (Å²) in [6.45, 7) is 0. The number of hydrogen-bond donors (Lipinski definition) is 1. The molecule has 0 aliphatic heterocycles. The van der Waals surface area contributed by atoms with Crippen LogP contribution in [0.5, 0.6) is 5.75 Å². The Hall–Kier alpha value is -2.44. The molecule has 2 aromatic heterocycles. The first-order valence-corrected chi connectivity index (χ1v) is 11.1. The van der Waals surface area contributed by atoms with Crippen LogP contribution in [-0.4, -0.2) is 23.2 Å². The first-order chi connectivity index (χ1) is 14.3. The lowest BCUT2D eigenvalue weighted by Crippen LogP contribution is -2.25. The Kier molecular flexibility index (Phi) is 5.21. The number of ether oxygens (including phenoxy) is 2. The van der Waals surface area contributed by atoms with Gasteiger partial charge >= 0.3 is 0 Å². The molecular formula is C23H25N3O2S. The van der Waals surface area contributed by atoms with Gasteiger partial charge < -0.3 is 14.8 Å². The highest BCUT2D eigenvalue weighted by Gasteiger charge is 2.26. The molecule has 3 aromatic rings. The molecule has 0 bridgehead atoms. The Morgan fingerprint density at radius 1 is 1.07 bits per heavy atom. The Balaban J connectivity index is 1.50. The molecule has 1 unspecified atom stereocenters. The predicted octanol–water partition coefficient (Wildman–Crippen LogP) is 5.90. The van der Waals surface area contributed by atoms with Crippen molar-refractivity contribution in [3.63, 3.8) is 0 Å². The van der Waals surface area contributed by atoms with Crippen LogP contribution in [0.2, 0.25) is 0 Å². The largest absolute Gasteiger partial charge is 0.486 e. The van der Waals surface area contributed by atoms with Crippen molar-refractivity contribution in [2.45, 2.75) is 50.7 Å². The van der Waals surface area contributed by atoms with E-state index in [1.54, 1.807) is 18.4 Å². The number of benzene rings is 1. The van der Waals surface area contributed by atoms with E-state index in [9.17, 15) is 0 Å². The highest BCUT2D eigenvalue weighted by atomic mass is 32.1. The molecule has 2 heterocycles. The Morgan fingerprint density at radius 2 is 1.93 bits per heavy atom. The number of nitrogens with zero attached hydrogens (tertiary/aromatic N) is 2. The number of pyridine rings is 1. The van der Waals surface area contributed by atoms with E-state index in [1.165, 1.54) is 11.3 Å². The molecule has 2 aliphatic carbocycles. The molecular weight excluding hydrogens is 382 g/mol. The van der Waals surface area contributed by atoms with Gasteiger partial charge in [-0.3, -0.25) is 0 Å². The number of nitrogens with one attached hydrogen (secondary N) is 1. The summed E-state index contributed by atoms with van der Waals surface area (Å²) in [7, 11) is 1.77. The summed E-state index contributed by atoms with van der Waals surface area (Å²) in [4.78, 5) is 10.8. The molecule has 0 spiro atoms. The van der Waals surface area contributed by atoms with Crippen molar-refractivity contribution >= 4 is 22.3 Å². The minimum absolute atomic E-state index is 0.0971. The number of thiazole rings is 1. The predicted molar refractivity (Wildman–Crippen MR) is 116 cm³/mol. The molecule has 29 heavy (non-hydrogen) atoms. The fourth-order valence-electron chi connectivity index (χ4n) is 3.92. The second kappa shape index (κ2) is 8.13. The van der Waals surface area contributed by atoms with E-state index in [2.05, 4.69) is 34.6 Å². The highest BCUT2D eigenvalue weighted by molar-refractivity contribution is 7.15. The normalized spacial score (nSPS) is 18.7. The van der Waals surface area contributed by atoms with Gasteiger partial charge in [-0.25, -0.2) is 9.97 Å². The van der Waals surface area contributed by atoms with Crippen molar-refractivity contribution < 1.29 is 9.47 Å². The fraction of sp³-hybridized carbons (Fsp3) is 0.391. The van der Waals surface area contributed by atoms with Crippen LogP contribution in [-0.2, 0) is 11.2 Å². The smallest absolute Gasteiger partial charge is 0.188 e. The third-order valence-electron chi connectivity index (χ3n) is 5.74. The molecule has 1 saturated carbocycles. The van der Waals surface area contributed by atoms with Gasteiger partial charge in [0.05, 0.1) is 11.8 Å². The first kappa shape index (κ1) is 18.6. The van der Waals surface area contributed by atoms with Crippen molar-refractivity contribution in [3.8, 4) is 16.9 Å². The molecule has 1 atom stereocenters. The van der Waals surface area contributed by atoms with Crippen LogP contribution >= 0.6 is 11.3 Å². The molecule has 5 rings (SSSR count). The zero-order valence-corrected chi connectivity index (χ0v) is 17.4. The molecule has 2 aliphatic rings. The SMILES string of the molecule is COC1CCCc2sc(Nc3nccc(-c4ccccc4)c3OC3CCC3)nc21. The van der Waals surface area contributed by atoms with Crippen molar-refractivity contribution in [3.05, 3.63) is 53.2 Å². The lowest BCUT2D eigenvalue weighted by atomic mass is 9.96. The van der Waals surface area contributed by atoms with Gasteiger partial charge in [0.1, 0.15) is 6.10 Å². The minimum atomic E-state index is 0.0971. The maximum Gasteiger partial charge on any atom is 0.188 e. The van der Waals surface area contributed by atoms with E-state index >= 15 is 0 Å². The number of aromatic nitrogens is 2. The van der Waals surface area contributed by atoms with Gasteiger partial charge in [-0.2, -0.15) is 0 Å². The molecule has 1 aromatic carbocycles. The zero-order valence-electron chi connectivity index (χ0n) is 16.6. The van der Waals surface area contributed by atoms with Crippen LogP contribution in [0.25, 0.3) is 11.1 Å². The van der Waals surface area contributed by atoms with Gasteiger partial charge in [-0.15, -0.1) is 11.3 Å². The van der Waals surface area contributed by atoms with Gasteiger partial charge in [0.2, 0.25) is 0 Å². The van der Waals surface area contributed by atoms with Crippen LogP contribution in [0.1, 0.15) is 48.8 Å². The third kappa shape index (κ3) is 3.74. The molecule has 0 amide bonds. The van der Waals surface area contributed by atoms with Crippen molar-refractivity contribution in [2.24, 2.45) is 0 Å². The summed E-state index contributed by atoms with van der Waals surface area (Å²) < 4.78 is 12.0.